The largest absolute Gasteiger partial charge is 0.312 e. The van der Waals surface area contributed by atoms with Gasteiger partial charge in [0.25, 0.3) is 0 Å². The SMILES string of the molecule is CC(C)C1CCN(C(CNC2CC2)C(C)C)C1. The van der Waals surface area contributed by atoms with Crippen LogP contribution in [0, 0.1) is 17.8 Å². The molecule has 100 valence electrons. The second kappa shape index (κ2) is 5.71. The van der Waals surface area contributed by atoms with Crippen LogP contribution in [-0.2, 0) is 0 Å². The van der Waals surface area contributed by atoms with Gasteiger partial charge in [-0.3, -0.25) is 4.90 Å². The Bertz CT molecular complexity index is 233. The molecule has 0 aromatic rings. The molecule has 2 aliphatic rings. The van der Waals surface area contributed by atoms with Crippen LogP contribution in [0.25, 0.3) is 0 Å². The van der Waals surface area contributed by atoms with Crippen molar-refractivity contribution in [3.05, 3.63) is 0 Å². The van der Waals surface area contributed by atoms with Crippen molar-refractivity contribution < 1.29 is 0 Å². The van der Waals surface area contributed by atoms with Gasteiger partial charge in [-0.05, 0) is 43.6 Å². The standard InChI is InChI=1S/C15H30N2/c1-11(2)13-7-8-17(10-13)15(12(3)4)9-16-14-5-6-14/h11-16H,5-10H2,1-4H3. The van der Waals surface area contributed by atoms with Crippen molar-refractivity contribution in [3.63, 3.8) is 0 Å². The first-order valence-corrected chi connectivity index (χ1v) is 7.55. The lowest BCUT2D eigenvalue weighted by Crippen LogP contribution is -2.45. The van der Waals surface area contributed by atoms with E-state index in [4.69, 9.17) is 0 Å². The van der Waals surface area contributed by atoms with Crippen LogP contribution >= 0.6 is 0 Å². The number of likely N-dealkylation sites (tertiary alicyclic amines) is 1. The lowest BCUT2D eigenvalue weighted by molar-refractivity contribution is 0.175. The van der Waals surface area contributed by atoms with Crippen LogP contribution in [0.4, 0.5) is 0 Å². The summed E-state index contributed by atoms with van der Waals surface area (Å²) in [5, 5.41) is 3.72. The van der Waals surface area contributed by atoms with Gasteiger partial charge in [-0.2, -0.15) is 0 Å². The summed E-state index contributed by atoms with van der Waals surface area (Å²) in [4.78, 5) is 2.74. The van der Waals surface area contributed by atoms with Gasteiger partial charge in [-0.25, -0.2) is 0 Å². The lowest BCUT2D eigenvalue weighted by atomic mass is 9.95. The van der Waals surface area contributed by atoms with Crippen LogP contribution in [-0.4, -0.2) is 36.6 Å². The summed E-state index contributed by atoms with van der Waals surface area (Å²) in [5.41, 5.74) is 0. The molecular formula is C15H30N2. The highest BCUT2D eigenvalue weighted by molar-refractivity contribution is 4.88. The average molecular weight is 238 g/mol. The van der Waals surface area contributed by atoms with Gasteiger partial charge in [-0.1, -0.05) is 27.7 Å². The summed E-state index contributed by atoms with van der Waals surface area (Å²) in [6, 6.07) is 1.60. The lowest BCUT2D eigenvalue weighted by Gasteiger charge is -2.32. The van der Waals surface area contributed by atoms with Gasteiger partial charge >= 0.3 is 0 Å². The molecule has 2 rings (SSSR count). The molecule has 1 saturated heterocycles. The zero-order valence-electron chi connectivity index (χ0n) is 12.1. The molecular weight excluding hydrogens is 208 g/mol. The molecule has 1 aliphatic heterocycles. The Hall–Kier alpha value is -0.0800. The minimum atomic E-state index is 0.749. The zero-order valence-corrected chi connectivity index (χ0v) is 12.1. The van der Waals surface area contributed by atoms with Crippen LogP contribution < -0.4 is 5.32 Å². The van der Waals surface area contributed by atoms with Crippen LogP contribution in [0.15, 0.2) is 0 Å². The van der Waals surface area contributed by atoms with E-state index in [-0.39, 0.29) is 0 Å². The smallest absolute Gasteiger partial charge is 0.0243 e. The summed E-state index contributed by atoms with van der Waals surface area (Å²) in [7, 11) is 0. The van der Waals surface area contributed by atoms with Crippen LogP contribution in [0.3, 0.4) is 0 Å². The normalized spacial score (nSPS) is 28.2. The van der Waals surface area contributed by atoms with Crippen molar-refractivity contribution in [3.8, 4) is 0 Å². The Morgan fingerprint density at radius 1 is 1.12 bits per heavy atom. The Morgan fingerprint density at radius 3 is 2.29 bits per heavy atom. The van der Waals surface area contributed by atoms with E-state index in [0.29, 0.717) is 0 Å². The van der Waals surface area contributed by atoms with Crippen LogP contribution in [0.1, 0.15) is 47.0 Å². The third-order valence-corrected chi connectivity index (χ3v) is 4.63. The summed E-state index contributed by atoms with van der Waals surface area (Å²) < 4.78 is 0. The maximum atomic E-state index is 3.72. The summed E-state index contributed by atoms with van der Waals surface area (Å²) >= 11 is 0. The molecule has 17 heavy (non-hydrogen) atoms. The molecule has 0 radical (unpaired) electrons. The van der Waals surface area contributed by atoms with E-state index in [1.807, 2.05) is 0 Å². The Morgan fingerprint density at radius 2 is 1.82 bits per heavy atom. The van der Waals surface area contributed by atoms with Crippen molar-refractivity contribution in [1.29, 1.82) is 0 Å². The van der Waals surface area contributed by atoms with Gasteiger partial charge in [0.1, 0.15) is 0 Å². The van der Waals surface area contributed by atoms with E-state index in [1.54, 1.807) is 0 Å². The minimum Gasteiger partial charge on any atom is -0.312 e. The van der Waals surface area contributed by atoms with E-state index >= 15 is 0 Å². The number of nitrogens with one attached hydrogen (secondary N) is 1. The Kier molecular flexibility index (Phi) is 4.48. The van der Waals surface area contributed by atoms with Gasteiger partial charge in [-0.15, -0.1) is 0 Å². The van der Waals surface area contributed by atoms with E-state index < -0.39 is 0 Å². The van der Waals surface area contributed by atoms with Crippen LogP contribution in [0.5, 0.6) is 0 Å². The quantitative estimate of drug-likeness (QED) is 0.765. The number of rotatable bonds is 6. The number of hydrogen-bond acceptors (Lipinski definition) is 2. The molecule has 0 aromatic heterocycles. The predicted octanol–water partition coefficient (Wildman–Crippen LogP) is 2.74. The molecule has 2 atom stereocenters. The predicted molar refractivity (Wildman–Crippen MR) is 74.2 cm³/mol. The molecule has 0 spiro atoms. The molecule has 1 N–H and O–H groups in total. The molecule has 1 saturated carbocycles. The zero-order chi connectivity index (χ0) is 12.4. The van der Waals surface area contributed by atoms with Gasteiger partial charge in [0.2, 0.25) is 0 Å². The summed E-state index contributed by atoms with van der Waals surface area (Å²) in [6.45, 7) is 13.4. The molecule has 2 nitrogen and oxygen atoms in total. The molecule has 1 heterocycles. The second-order valence-electron chi connectivity index (χ2n) is 6.78. The molecule has 1 aliphatic carbocycles. The minimum absolute atomic E-state index is 0.749. The molecule has 0 amide bonds. The topological polar surface area (TPSA) is 15.3 Å². The van der Waals surface area contributed by atoms with E-state index in [1.165, 1.54) is 38.9 Å². The second-order valence-corrected chi connectivity index (χ2v) is 6.78. The maximum absolute atomic E-state index is 3.72. The molecule has 0 aromatic carbocycles. The van der Waals surface area contributed by atoms with Crippen molar-refractivity contribution in [2.75, 3.05) is 19.6 Å². The third-order valence-electron chi connectivity index (χ3n) is 4.63. The third kappa shape index (κ3) is 3.69. The molecule has 2 heteroatoms. The van der Waals surface area contributed by atoms with E-state index in [2.05, 4.69) is 37.9 Å². The van der Waals surface area contributed by atoms with Crippen LogP contribution in [0.2, 0.25) is 0 Å². The van der Waals surface area contributed by atoms with Crippen molar-refractivity contribution in [2.45, 2.75) is 59.0 Å². The molecule has 0 bridgehead atoms. The number of hydrogen-bond donors (Lipinski definition) is 1. The highest BCUT2D eigenvalue weighted by atomic mass is 15.2. The molecule has 2 fully saturated rings. The van der Waals surface area contributed by atoms with Crippen molar-refractivity contribution >= 4 is 0 Å². The highest BCUT2D eigenvalue weighted by Gasteiger charge is 2.32. The first kappa shape index (κ1) is 13.4. The van der Waals surface area contributed by atoms with Gasteiger partial charge in [0, 0.05) is 25.2 Å². The first-order chi connectivity index (χ1) is 8.08. The monoisotopic (exact) mass is 238 g/mol. The van der Waals surface area contributed by atoms with E-state index in [9.17, 15) is 0 Å². The maximum Gasteiger partial charge on any atom is 0.0243 e. The van der Waals surface area contributed by atoms with E-state index in [0.717, 1.165) is 29.8 Å². The van der Waals surface area contributed by atoms with Gasteiger partial charge < -0.3 is 5.32 Å². The summed E-state index contributed by atoms with van der Waals surface area (Å²) in [6.07, 6.45) is 4.21. The van der Waals surface area contributed by atoms with Crippen molar-refractivity contribution in [2.24, 2.45) is 17.8 Å². The van der Waals surface area contributed by atoms with Gasteiger partial charge in [0.15, 0.2) is 0 Å². The fraction of sp³-hybridized carbons (Fsp3) is 1.00. The highest BCUT2D eigenvalue weighted by Crippen LogP contribution is 2.27. The number of nitrogens with zero attached hydrogens (tertiary/aromatic N) is 1. The summed E-state index contributed by atoms with van der Waals surface area (Å²) in [5.74, 6) is 2.55. The van der Waals surface area contributed by atoms with Crippen molar-refractivity contribution in [1.82, 2.24) is 10.2 Å². The fourth-order valence-corrected chi connectivity index (χ4v) is 3.02. The molecule has 2 unspecified atom stereocenters. The Balaban J connectivity index is 1.82. The first-order valence-electron chi connectivity index (χ1n) is 7.55. The van der Waals surface area contributed by atoms with Gasteiger partial charge in [0.05, 0.1) is 0 Å². The average Bonchev–Trinajstić information content (AvgIpc) is 2.94. The Labute approximate surface area is 107 Å². The fourth-order valence-electron chi connectivity index (χ4n) is 3.02.